The number of aliphatic hydroxyl groups excluding tert-OH is 3. The second-order valence-corrected chi connectivity index (χ2v) is 5.29. The van der Waals surface area contributed by atoms with Crippen LogP contribution in [0.2, 0.25) is 0 Å². The van der Waals surface area contributed by atoms with E-state index in [1.54, 1.807) is 0 Å². The van der Waals surface area contributed by atoms with Gasteiger partial charge in [0.1, 0.15) is 0 Å². The van der Waals surface area contributed by atoms with Crippen LogP contribution in [0.15, 0.2) is 0 Å². The maximum Gasteiger partial charge on any atom is 0.0743 e. The Morgan fingerprint density at radius 3 is 1.94 bits per heavy atom. The predicted octanol–water partition coefficient (Wildman–Crippen LogP) is 0.154. The molecule has 0 amide bonds. The van der Waals surface area contributed by atoms with Gasteiger partial charge in [0.15, 0.2) is 0 Å². The monoisotopic (exact) mass is 229 g/mol. The van der Waals surface area contributed by atoms with E-state index in [2.05, 4.69) is 5.32 Å². The van der Waals surface area contributed by atoms with Gasteiger partial charge in [-0.3, -0.25) is 0 Å². The van der Waals surface area contributed by atoms with Crippen molar-refractivity contribution in [3.05, 3.63) is 0 Å². The van der Waals surface area contributed by atoms with Gasteiger partial charge in [-0.15, -0.1) is 0 Å². The number of nitrogens with one attached hydrogen (secondary N) is 1. The molecule has 4 N–H and O–H groups in total. The summed E-state index contributed by atoms with van der Waals surface area (Å²) >= 11 is 0. The standard InChI is InChI=1S/C12H23NO3/c14-9-6-10(15)12(11(16)7-9)13-8-4-2-1-3-5-8/h8-16H,1-7H2. The smallest absolute Gasteiger partial charge is 0.0743 e. The highest BCUT2D eigenvalue weighted by Crippen LogP contribution is 2.23. The highest BCUT2D eigenvalue weighted by atomic mass is 16.3. The zero-order valence-corrected chi connectivity index (χ0v) is 9.68. The van der Waals surface area contributed by atoms with Gasteiger partial charge in [-0.1, -0.05) is 19.3 Å². The van der Waals surface area contributed by atoms with E-state index < -0.39 is 18.3 Å². The quantitative estimate of drug-likeness (QED) is 0.544. The van der Waals surface area contributed by atoms with Crippen LogP contribution < -0.4 is 5.32 Å². The van der Waals surface area contributed by atoms with Crippen molar-refractivity contribution in [3.63, 3.8) is 0 Å². The van der Waals surface area contributed by atoms with E-state index in [1.165, 1.54) is 19.3 Å². The van der Waals surface area contributed by atoms with E-state index in [-0.39, 0.29) is 6.04 Å². The summed E-state index contributed by atoms with van der Waals surface area (Å²) < 4.78 is 0. The molecule has 0 aromatic carbocycles. The number of hydrogen-bond acceptors (Lipinski definition) is 4. The third-order valence-electron chi connectivity index (χ3n) is 3.89. The Bertz CT molecular complexity index is 206. The van der Waals surface area contributed by atoms with Gasteiger partial charge >= 0.3 is 0 Å². The Labute approximate surface area is 96.7 Å². The van der Waals surface area contributed by atoms with Gasteiger partial charge in [0, 0.05) is 18.9 Å². The fourth-order valence-corrected chi connectivity index (χ4v) is 2.97. The second kappa shape index (κ2) is 5.45. The first-order valence-electron chi connectivity index (χ1n) is 6.47. The first kappa shape index (κ1) is 12.3. The molecule has 2 rings (SSSR count). The van der Waals surface area contributed by atoms with Gasteiger partial charge in [0.05, 0.1) is 24.4 Å². The van der Waals surface area contributed by atoms with Crippen LogP contribution in [0.25, 0.3) is 0 Å². The summed E-state index contributed by atoms with van der Waals surface area (Å²) in [5, 5.41) is 32.5. The highest BCUT2D eigenvalue weighted by molar-refractivity contribution is 4.93. The minimum absolute atomic E-state index is 0.258. The Balaban J connectivity index is 1.86. The molecule has 0 bridgehead atoms. The van der Waals surface area contributed by atoms with Crippen LogP contribution >= 0.6 is 0 Å². The van der Waals surface area contributed by atoms with Crippen LogP contribution in [0.1, 0.15) is 44.9 Å². The van der Waals surface area contributed by atoms with Crippen LogP contribution in [0.5, 0.6) is 0 Å². The fraction of sp³-hybridized carbons (Fsp3) is 1.00. The lowest BCUT2D eigenvalue weighted by atomic mass is 9.86. The first-order valence-corrected chi connectivity index (χ1v) is 6.47. The molecule has 2 aliphatic carbocycles. The van der Waals surface area contributed by atoms with E-state index in [4.69, 9.17) is 0 Å². The Kier molecular flexibility index (Phi) is 4.19. The lowest BCUT2D eigenvalue weighted by molar-refractivity contribution is -0.0558. The molecular weight excluding hydrogens is 206 g/mol. The maximum atomic E-state index is 9.86. The van der Waals surface area contributed by atoms with E-state index in [1.807, 2.05) is 0 Å². The number of aliphatic hydroxyl groups is 3. The molecule has 94 valence electrons. The lowest BCUT2D eigenvalue weighted by Crippen LogP contribution is -2.57. The Morgan fingerprint density at radius 2 is 1.38 bits per heavy atom. The average Bonchev–Trinajstić information content (AvgIpc) is 2.25. The molecule has 0 heterocycles. The highest BCUT2D eigenvalue weighted by Gasteiger charge is 2.36. The number of rotatable bonds is 2. The van der Waals surface area contributed by atoms with Crippen LogP contribution in [0.3, 0.4) is 0 Å². The van der Waals surface area contributed by atoms with E-state index >= 15 is 0 Å². The molecule has 0 saturated heterocycles. The van der Waals surface area contributed by atoms with E-state index in [0.717, 1.165) is 12.8 Å². The molecule has 0 spiro atoms. The third kappa shape index (κ3) is 2.94. The molecule has 0 aliphatic heterocycles. The summed E-state index contributed by atoms with van der Waals surface area (Å²) in [6.45, 7) is 0. The zero-order chi connectivity index (χ0) is 11.5. The minimum Gasteiger partial charge on any atom is -0.393 e. The zero-order valence-electron chi connectivity index (χ0n) is 9.68. The van der Waals surface area contributed by atoms with Crippen LogP contribution in [-0.2, 0) is 0 Å². The molecule has 2 atom stereocenters. The van der Waals surface area contributed by atoms with Crippen molar-refractivity contribution in [2.24, 2.45) is 0 Å². The van der Waals surface area contributed by atoms with Crippen LogP contribution in [0.4, 0.5) is 0 Å². The van der Waals surface area contributed by atoms with Gasteiger partial charge in [-0.25, -0.2) is 0 Å². The topological polar surface area (TPSA) is 72.7 Å². The van der Waals surface area contributed by atoms with Crippen molar-refractivity contribution in [2.75, 3.05) is 0 Å². The fourth-order valence-electron chi connectivity index (χ4n) is 2.97. The summed E-state index contributed by atoms with van der Waals surface area (Å²) in [5.74, 6) is 0. The molecule has 16 heavy (non-hydrogen) atoms. The normalized spacial score (nSPS) is 42.2. The molecule has 2 saturated carbocycles. The van der Waals surface area contributed by atoms with Gasteiger partial charge < -0.3 is 20.6 Å². The first-order chi connectivity index (χ1) is 7.66. The lowest BCUT2D eigenvalue weighted by Gasteiger charge is -2.38. The molecule has 4 heteroatoms. The van der Waals surface area contributed by atoms with Crippen molar-refractivity contribution in [1.82, 2.24) is 5.32 Å². The average molecular weight is 229 g/mol. The molecule has 4 nitrogen and oxygen atoms in total. The van der Waals surface area contributed by atoms with Crippen molar-refractivity contribution in [2.45, 2.75) is 75.3 Å². The van der Waals surface area contributed by atoms with Gasteiger partial charge in [0.2, 0.25) is 0 Å². The minimum atomic E-state index is -0.624. The predicted molar refractivity (Wildman–Crippen MR) is 61.1 cm³/mol. The van der Waals surface area contributed by atoms with Crippen LogP contribution in [0, 0.1) is 0 Å². The maximum absolute atomic E-state index is 9.86. The van der Waals surface area contributed by atoms with Gasteiger partial charge in [-0.05, 0) is 12.8 Å². The summed E-state index contributed by atoms with van der Waals surface area (Å²) in [7, 11) is 0. The largest absolute Gasteiger partial charge is 0.393 e. The van der Waals surface area contributed by atoms with E-state index in [9.17, 15) is 15.3 Å². The summed E-state index contributed by atoms with van der Waals surface area (Å²) in [5.41, 5.74) is 0. The Morgan fingerprint density at radius 1 is 0.812 bits per heavy atom. The molecule has 2 unspecified atom stereocenters. The van der Waals surface area contributed by atoms with Crippen molar-refractivity contribution >= 4 is 0 Å². The van der Waals surface area contributed by atoms with Crippen molar-refractivity contribution in [3.8, 4) is 0 Å². The SMILES string of the molecule is OC1CC(O)C(NC2CCCCC2)C(O)C1. The summed E-state index contributed by atoms with van der Waals surface area (Å²) in [6.07, 6.45) is 4.99. The molecule has 0 aromatic rings. The van der Waals surface area contributed by atoms with Crippen molar-refractivity contribution in [1.29, 1.82) is 0 Å². The molecular formula is C12H23NO3. The van der Waals surface area contributed by atoms with E-state index in [0.29, 0.717) is 18.9 Å². The summed E-state index contributed by atoms with van der Waals surface area (Å²) in [6, 6.07) is 0.171. The van der Waals surface area contributed by atoms with Crippen molar-refractivity contribution < 1.29 is 15.3 Å². The second-order valence-electron chi connectivity index (χ2n) is 5.29. The van der Waals surface area contributed by atoms with Gasteiger partial charge in [0.25, 0.3) is 0 Å². The third-order valence-corrected chi connectivity index (χ3v) is 3.89. The van der Waals surface area contributed by atoms with Crippen LogP contribution in [-0.4, -0.2) is 45.7 Å². The molecule has 2 fully saturated rings. The summed E-state index contributed by atoms with van der Waals surface area (Å²) in [4.78, 5) is 0. The number of hydrogen-bond donors (Lipinski definition) is 4. The molecule has 2 aliphatic rings. The Hall–Kier alpha value is -0.160. The molecule has 0 aromatic heterocycles. The van der Waals surface area contributed by atoms with Gasteiger partial charge in [-0.2, -0.15) is 0 Å². The molecule has 0 radical (unpaired) electrons.